The van der Waals surface area contributed by atoms with Gasteiger partial charge in [0.15, 0.2) is 0 Å². The second-order valence-electron chi connectivity index (χ2n) is 8.97. The Bertz CT molecular complexity index is 1060. The van der Waals surface area contributed by atoms with Gasteiger partial charge in [-0.2, -0.15) is 0 Å². The van der Waals surface area contributed by atoms with Crippen molar-refractivity contribution in [2.45, 2.75) is 57.8 Å². The number of likely N-dealkylation sites (tertiary alicyclic amines) is 2. The number of hydrogen-bond acceptors (Lipinski definition) is 3. The number of para-hydroxylation sites is 2. The van der Waals surface area contributed by atoms with Gasteiger partial charge in [-0.1, -0.05) is 36.4 Å². The van der Waals surface area contributed by atoms with Crippen LogP contribution in [0.2, 0.25) is 0 Å². The van der Waals surface area contributed by atoms with Gasteiger partial charge in [-0.15, -0.1) is 0 Å². The zero-order valence-electron chi connectivity index (χ0n) is 17.9. The normalized spacial score (nSPS) is 22.0. The fraction of sp³-hybridized carbons (Fsp3) is 0.480. The molecule has 2 aliphatic heterocycles. The number of aryl methyl sites for hydroxylation is 1. The molecule has 3 aromatic rings. The molecular weight excluding hydrogens is 372 g/mol. The van der Waals surface area contributed by atoms with Gasteiger partial charge in [-0.25, -0.2) is 4.79 Å². The number of aromatic amines is 1. The number of fused-ring (bicyclic) bond motifs is 1. The van der Waals surface area contributed by atoms with Gasteiger partial charge < -0.3 is 4.98 Å². The van der Waals surface area contributed by atoms with Crippen molar-refractivity contribution in [3.05, 3.63) is 70.1 Å². The predicted octanol–water partition coefficient (Wildman–Crippen LogP) is 4.29. The Morgan fingerprint density at radius 1 is 0.933 bits per heavy atom. The zero-order valence-corrected chi connectivity index (χ0v) is 17.9. The maximum Gasteiger partial charge on any atom is 0.327 e. The lowest BCUT2D eigenvalue weighted by atomic mass is 9.97. The Morgan fingerprint density at radius 2 is 1.70 bits per heavy atom. The lowest BCUT2D eigenvalue weighted by Gasteiger charge is -2.45. The summed E-state index contributed by atoms with van der Waals surface area (Å²) in [5.41, 5.74) is 4.84. The molecule has 1 aromatic heterocycles. The molecule has 2 aliphatic rings. The maximum atomic E-state index is 12.8. The minimum absolute atomic E-state index is 0.0325. The topological polar surface area (TPSA) is 44.3 Å². The quantitative estimate of drug-likeness (QED) is 0.706. The average molecular weight is 405 g/mol. The van der Waals surface area contributed by atoms with Crippen LogP contribution in [0, 0.1) is 6.92 Å². The maximum absolute atomic E-state index is 12.8. The van der Waals surface area contributed by atoms with Crippen LogP contribution in [0.25, 0.3) is 11.0 Å². The molecule has 0 bridgehead atoms. The van der Waals surface area contributed by atoms with Crippen LogP contribution < -0.4 is 5.69 Å². The summed E-state index contributed by atoms with van der Waals surface area (Å²) < 4.78 is 2.02. The summed E-state index contributed by atoms with van der Waals surface area (Å²) >= 11 is 0. The molecule has 2 saturated heterocycles. The molecule has 5 rings (SSSR count). The van der Waals surface area contributed by atoms with Gasteiger partial charge in [0, 0.05) is 19.1 Å². The van der Waals surface area contributed by atoms with Gasteiger partial charge in [0.1, 0.15) is 0 Å². The summed E-state index contributed by atoms with van der Waals surface area (Å²) in [5, 5.41) is 0. The number of nitrogens with one attached hydrogen (secondary N) is 1. The van der Waals surface area contributed by atoms with Crippen molar-refractivity contribution in [2.75, 3.05) is 19.6 Å². The Balaban J connectivity index is 1.32. The van der Waals surface area contributed by atoms with E-state index in [9.17, 15) is 4.79 Å². The SMILES string of the molecule is Cc1ccccc1CN1CCC(N2CCCCC2n2c(=O)[nH]c3ccccc32)CC1. The van der Waals surface area contributed by atoms with Gasteiger partial charge in [0.05, 0.1) is 17.2 Å². The molecule has 1 atom stereocenters. The monoisotopic (exact) mass is 404 g/mol. The Labute approximate surface area is 178 Å². The first-order valence-corrected chi connectivity index (χ1v) is 11.4. The van der Waals surface area contributed by atoms with E-state index in [-0.39, 0.29) is 11.9 Å². The Morgan fingerprint density at radius 3 is 2.53 bits per heavy atom. The zero-order chi connectivity index (χ0) is 20.5. The molecule has 2 aromatic carbocycles. The van der Waals surface area contributed by atoms with Crippen molar-refractivity contribution in [1.82, 2.24) is 19.4 Å². The number of aromatic nitrogens is 2. The van der Waals surface area contributed by atoms with Gasteiger partial charge in [-0.05, 0) is 75.4 Å². The molecule has 30 heavy (non-hydrogen) atoms. The van der Waals surface area contributed by atoms with Crippen LogP contribution in [0.1, 0.15) is 49.4 Å². The molecule has 3 heterocycles. The van der Waals surface area contributed by atoms with Crippen molar-refractivity contribution in [3.63, 3.8) is 0 Å². The Kier molecular flexibility index (Phi) is 5.48. The molecule has 0 aliphatic carbocycles. The van der Waals surface area contributed by atoms with Crippen LogP contribution in [0.15, 0.2) is 53.3 Å². The van der Waals surface area contributed by atoms with E-state index in [4.69, 9.17) is 0 Å². The Hall–Kier alpha value is -2.37. The van der Waals surface area contributed by atoms with E-state index in [1.54, 1.807) is 0 Å². The van der Waals surface area contributed by atoms with E-state index in [2.05, 4.69) is 52.0 Å². The summed E-state index contributed by atoms with van der Waals surface area (Å²) in [6, 6.07) is 17.4. The van der Waals surface area contributed by atoms with E-state index in [0.29, 0.717) is 6.04 Å². The van der Waals surface area contributed by atoms with Crippen molar-refractivity contribution in [2.24, 2.45) is 0 Å². The van der Waals surface area contributed by atoms with Crippen LogP contribution in [0.3, 0.4) is 0 Å². The number of hydrogen-bond donors (Lipinski definition) is 1. The minimum atomic E-state index is 0.0325. The molecular formula is C25H32N4O. The molecule has 5 nitrogen and oxygen atoms in total. The first-order valence-electron chi connectivity index (χ1n) is 11.4. The van der Waals surface area contributed by atoms with Crippen molar-refractivity contribution in [1.29, 1.82) is 0 Å². The third kappa shape index (κ3) is 3.72. The molecule has 2 fully saturated rings. The predicted molar refractivity (Wildman–Crippen MR) is 122 cm³/mol. The van der Waals surface area contributed by atoms with Crippen LogP contribution in [0.5, 0.6) is 0 Å². The van der Waals surface area contributed by atoms with Gasteiger partial charge in [-0.3, -0.25) is 14.4 Å². The molecule has 0 spiro atoms. The third-order valence-corrected chi connectivity index (χ3v) is 7.11. The second-order valence-corrected chi connectivity index (χ2v) is 8.97. The molecule has 0 saturated carbocycles. The summed E-state index contributed by atoms with van der Waals surface area (Å²) in [4.78, 5) is 21.1. The first-order chi connectivity index (χ1) is 14.7. The molecule has 1 N–H and O–H groups in total. The first kappa shape index (κ1) is 19.6. The number of imidazole rings is 1. The molecule has 0 radical (unpaired) electrons. The lowest BCUT2D eigenvalue weighted by Crippen LogP contribution is -2.50. The lowest BCUT2D eigenvalue weighted by molar-refractivity contribution is 0.0172. The largest absolute Gasteiger partial charge is 0.327 e. The van der Waals surface area contributed by atoms with E-state index >= 15 is 0 Å². The van der Waals surface area contributed by atoms with Crippen LogP contribution >= 0.6 is 0 Å². The number of nitrogens with zero attached hydrogens (tertiary/aromatic N) is 3. The van der Waals surface area contributed by atoms with Crippen LogP contribution in [-0.2, 0) is 6.54 Å². The summed E-state index contributed by atoms with van der Waals surface area (Å²) in [6.45, 7) is 6.61. The van der Waals surface area contributed by atoms with E-state index < -0.39 is 0 Å². The van der Waals surface area contributed by atoms with Gasteiger partial charge in [0.25, 0.3) is 0 Å². The molecule has 158 valence electrons. The smallest absolute Gasteiger partial charge is 0.305 e. The summed E-state index contributed by atoms with van der Waals surface area (Å²) in [5.74, 6) is 0. The summed E-state index contributed by atoms with van der Waals surface area (Å²) in [6.07, 6.45) is 6.02. The van der Waals surface area contributed by atoms with Crippen LogP contribution in [0.4, 0.5) is 0 Å². The number of H-pyrrole nitrogens is 1. The third-order valence-electron chi connectivity index (χ3n) is 7.11. The van der Waals surface area contributed by atoms with Gasteiger partial charge in [0.2, 0.25) is 0 Å². The minimum Gasteiger partial charge on any atom is -0.305 e. The molecule has 0 amide bonds. The summed E-state index contributed by atoms with van der Waals surface area (Å²) in [7, 11) is 0. The highest BCUT2D eigenvalue weighted by Gasteiger charge is 2.33. The number of piperidine rings is 2. The standard InChI is InChI=1S/C25H32N4O/c1-19-8-2-3-9-20(19)18-27-16-13-21(14-17-27)28-15-7-6-12-24(28)29-23-11-5-4-10-22(23)26-25(29)30/h2-5,8-11,21,24H,6-7,12-18H2,1H3,(H,26,30). The van der Waals surface area contributed by atoms with Crippen molar-refractivity contribution < 1.29 is 0 Å². The van der Waals surface area contributed by atoms with E-state index in [1.165, 1.54) is 36.8 Å². The van der Waals surface area contributed by atoms with Crippen molar-refractivity contribution >= 4 is 11.0 Å². The van der Waals surface area contributed by atoms with E-state index in [1.807, 2.05) is 22.8 Å². The van der Waals surface area contributed by atoms with E-state index in [0.717, 1.165) is 43.6 Å². The molecule has 5 heteroatoms. The fourth-order valence-electron chi connectivity index (χ4n) is 5.45. The van der Waals surface area contributed by atoms with Crippen molar-refractivity contribution in [3.8, 4) is 0 Å². The highest BCUT2D eigenvalue weighted by molar-refractivity contribution is 5.75. The highest BCUT2D eigenvalue weighted by Crippen LogP contribution is 2.32. The van der Waals surface area contributed by atoms with Gasteiger partial charge >= 0.3 is 5.69 Å². The fourth-order valence-corrected chi connectivity index (χ4v) is 5.45. The number of benzene rings is 2. The molecule has 1 unspecified atom stereocenters. The highest BCUT2D eigenvalue weighted by atomic mass is 16.1. The van der Waals surface area contributed by atoms with Crippen LogP contribution in [-0.4, -0.2) is 45.0 Å². The number of rotatable bonds is 4. The average Bonchev–Trinajstić information content (AvgIpc) is 3.11. The second kappa shape index (κ2) is 8.40.